The van der Waals surface area contributed by atoms with E-state index in [9.17, 15) is 14.7 Å². The van der Waals surface area contributed by atoms with Crippen LogP contribution in [0.2, 0.25) is 0 Å². The van der Waals surface area contributed by atoms with Crippen LogP contribution in [0.1, 0.15) is 16.7 Å². The fraction of sp³-hybridized carbons (Fsp3) is 0.259. The van der Waals surface area contributed by atoms with E-state index < -0.39 is 23.6 Å². The zero-order chi connectivity index (χ0) is 24.3. The minimum absolute atomic E-state index is 0.0392. The Morgan fingerprint density at radius 2 is 1.66 bits per heavy atom. The van der Waals surface area contributed by atoms with Crippen LogP contribution in [0.5, 0.6) is 11.5 Å². The van der Waals surface area contributed by atoms with E-state index in [4.69, 9.17) is 14.2 Å². The monoisotopic (exact) mass is 474 g/mol. The number of benzene rings is 3. The summed E-state index contributed by atoms with van der Waals surface area (Å²) in [5.41, 5.74) is 1.23. The number of rotatable bonds is 9. The minimum Gasteiger partial charge on any atom is -0.454 e. The molecule has 180 valence electrons. The van der Waals surface area contributed by atoms with Gasteiger partial charge >= 0.3 is 6.03 Å². The van der Waals surface area contributed by atoms with Gasteiger partial charge in [0.25, 0.3) is 5.91 Å². The minimum atomic E-state index is -1.24. The molecule has 3 aromatic rings. The van der Waals surface area contributed by atoms with Crippen molar-refractivity contribution in [3.8, 4) is 11.5 Å². The Hall–Kier alpha value is -3.88. The fourth-order valence-electron chi connectivity index (χ4n) is 4.44. The van der Waals surface area contributed by atoms with E-state index in [0.717, 1.165) is 16.0 Å². The van der Waals surface area contributed by atoms with Crippen molar-refractivity contribution in [2.75, 3.05) is 19.9 Å². The first-order valence-corrected chi connectivity index (χ1v) is 11.4. The SMILES string of the molecule is O=C1N[C@@](Cc2ccccc2)(c2ccccc2)C(=O)N1C[C@H](O)COCc1ccc2c(c1)OCO2. The molecule has 2 N–H and O–H groups in total. The number of carbonyl (C=O) groups is 2. The summed E-state index contributed by atoms with van der Waals surface area (Å²) in [5.74, 6) is 0.943. The third-order valence-corrected chi connectivity index (χ3v) is 6.16. The summed E-state index contributed by atoms with van der Waals surface area (Å²) < 4.78 is 16.3. The van der Waals surface area contributed by atoms with Crippen molar-refractivity contribution < 1.29 is 28.9 Å². The van der Waals surface area contributed by atoms with Crippen molar-refractivity contribution in [2.24, 2.45) is 0 Å². The molecule has 5 rings (SSSR count). The molecule has 0 spiro atoms. The number of nitrogens with one attached hydrogen (secondary N) is 1. The Balaban J connectivity index is 1.25. The standard InChI is InChI=1S/C27H26N2O6/c30-22(17-33-16-20-11-12-23-24(13-20)35-18-34-23)15-29-25(31)27(28-26(29)32,21-9-5-2-6-10-21)14-19-7-3-1-4-8-19/h1-13,22,30H,14-18H2,(H,28,32)/t22-,27-/m0/s1. The molecule has 2 aliphatic rings. The van der Waals surface area contributed by atoms with Crippen molar-refractivity contribution in [3.05, 3.63) is 95.6 Å². The molecule has 3 amide bonds. The van der Waals surface area contributed by atoms with Crippen molar-refractivity contribution in [3.63, 3.8) is 0 Å². The molecule has 0 radical (unpaired) electrons. The van der Waals surface area contributed by atoms with Crippen LogP contribution in [0, 0.1) is 0 Å². The summed E-state index contributed by atoms with van der Waals surface area (Å²) in [6.07, 6.45) is -0.739. The number of aliphatic hydroxyl groups excluding tert-OH is 1. The molecular formula is C27H26N2O6. The third kappa shape index (κ3) is 4.71. The smallest absolute Gasteiger partial charge is 0.325 e. The zero-order valence-electron chi connectivity index (χ0n) is 19.1. The Labute approximate surface area is 203 Å². The van der Waals surface area contributed by atoms with Crippen LogP contribution < -0.4 is 14.8 Å². The van der Waals surface area contributed by atoms with Gasteiger partial charge in [0, 0.05) is 6.42 Å². The summed E-state index contributed by atoms with van der Waals surface area (Å²) in [7, 11) is 0. The summed E-state index contributed by atoms with van der Waals surface area (Å²) in [6.45, 7) is 0.229. The number of urea groups is 1. The molecular weight excluding hydrogens is 448 g/mol. The van der Waals surface area contributed by atoms with Gasteiger partial charge in [0.15, 0.2) is 17.0 Å². The average molecular weight is 475 g/mol. The number of β-amino-alcohol motifs (C(OH)–C–C–N with tert-alkyl or cyclic N) is 1. The second-order valence-corrected chi connectivity index (χ2v) is 8.64. The van der Waals surface area contributed by atoms with Crippen LogP contribution in [-0.2, 0) is 28.1 Å². The molecule has 8 heteroatoms. The lowest BCUT2D eigenvalue weighted by Crippen LogP contribution is -2.46. The third-order valence-electron chi connectivity index (χ3n) is 6.16. The van der Waals surface area contributed by atoms with E-state index in [1.807, 2.05) is 72.8 Å². The van der Waals surface area contributed by atoms with Gasteiger partial charge in [-0.1, -0.05) is 66.7 Å². The largest absolute Gasteiger partial charge is 0.454 e. The summed E-state index contributed by atoms with van der Waals surface area (Å²) >= 11 is 0. The van der Waals surface area contributed by atoms with Gasteiger partial charge in [-0.05, 0) is 28.8 Å². The molecule has 0 aliphatic carbocycles. The Morgan fingerprint density at radius 3 is 2.43 bits per heavy atom. The van der Waals surface area contributed by atoms with Crippen LogP contribution in [0.25, 0.3) is 0 Å². The van der Waals surface area contributed by atoms with Gasteiger partial charge < -0.3 is 24.6 Å². The summed E-state index contributed by atoms with van der Waals surface area (Å²) in [6, 6.07) is 23.7. The number of imide groups is 1. The summed E-state index contributed by atoms with van der Waals surface area (Å²) in [5, 5.41) is 13.5. The van der Waals surface area contributed by atoms with E-state index in [-0.39, 0.29) is 26.6 Å². The lowest BCUT2D eigenvalue weighted by atomic mass is 9.83. The van der Waals surface area contributed by atoms with Gasteiger partial charge in [0.1, 0.15) is 0 Å². The van der Waals surface area contributed by atoms with Crippen LogP contribution in [0.4, 0.5) is 4.79 Å². The molecule has 0 saturated carbocycles. The highest BCUT2D eigenvalue weighted by Gasteiger charge is 2.52. The van der Waals surface area contributed by atoms with E-state index >= 15 is 0 Å². The zero-order valence-corrected chi connectivity index (χ0v) is 19.1. The first kappa shape index (κ1) is 22.9. The molecule has 1 saturated heterocycles. The Kier molecular flexibility index (Phi) is 6.39. The van der Waals surface area contributed by atoms with Crippen molar-refractivity contribution >= 4 is 11.9 Å². The molecule has 8 nitrogen and oxygen atoms in total. The lowest BCUT2D eigenvalue weighted by molar-refractivity contribution is -0.133. The maximum absolute atomic E-state index is 13.6. The van der Waals surface area contributed by atoms with Gasteiger partial charge in [-0.2, -0.15) is 0 Å². The van der Waals surface area contributed by atoms with E-state index in [1.165, 1.54) is 0 Å². The van der Waals surface area contributed by atoms with Crippen LogP contribution >= 0.6 is 0 Å². The molecule has 35 heavy (non-hydrogen) atoms. The van der Waals surface area contributed by atoms with Gasteiger partial charge in [-0.15, -0.1) is 0 Å². The number of ether oxygens (including phenoxy) is 3. The maximum Gasteiger partial charge on any atom is 0.325 e. The van der Waals surface area contributed by atoms with Crippen LogP contribution in [-0.4, -0.2) is 48.0 Å². The number of hydrogen-bond acceptors (Lipinski definition) is 6. The van der Waals surface area contributed by atoms with Crippen LogP contribution in [0.15, 0.2) is 78.9 Å². The molecule has 2 aliphatic heterocycles. The highest BCUT2D eigenvalue weighted by Crippen LogP contribution is 2.34. The number of fused-ring (bicyclic) bond motifs is 1. The first-order valence-electron chi connectivity index (χ1n) is 11.4. The molecule has 3 aromatic carbocycles. The van der Waals surface area contributed by atoms with Crippen molar-refractivity contribution in [2.45, 2.75) is 24.7 Å². The molecule has 0 unspecified atom stereocenters. The van der Waals surface area contributed by atoms with Crippen molar-refractivity contribution in [1.29, 1.82) is 0 Å². The Bertz CT molecular complexity index is 1200. The fourth-order valence-corrected chi connectivity index (χ4v) is 4.44. The second kappa shape index (κ2) is 9.77. The highest BCUT2D eigenvalue weighted by molar-refractivity contribution is 6.07. The molecule has 2 atom stereocenters. The van der Waals surface area contributed by atoms with Crippen molar-refractivity contribution in [1.82, 2.24) is 10.2 Å². The predicted octanol–water partition coefficient (Wildman–Crippen LogP) is 2.98. The Morgan fingerprint density at radius 1 is 0.943 bits per heavy atom. The van der Waals surface area contributed by atoms with Gasteiger partial charge in [-0.25, -0.2) is 4.79 Å². The highest BCUT2D eigenvalue weighted by atomic mass is 16.7. The van der Waals surface area contributed by atoms with Gasteiger partial charge in [0.2, 0.25) is 6.79 Å². The number of aliphatic hydroxyl groups is 1. The van der Waals surface area contributed by atoms with E-state index in [2.05, 4.69) is 5.32 Å². The predicted molar refractivity (Wildman–Crippen MR) is 127 cm³/mol. The average Bonchev–Trinajstić information content (AvgIpc) is 3.44. The molecule has 2 heterocycles. The lowest BCUT2D eigenvalue weighted by Gasteiger charge is -2.28. The maximum atomic E-state index is 13.6. The molecule has 0 bridgehead atoms. The number of amides is 3. The number of nitrogens with zero attached hydrogens (tertiary/aromatic N) is 1. The topological polar surface area (TPSA) is 97.3 Å². The molecule has 1 fully saturated rings. The van der Waals surface area contributed by atoms with Gasteiger partial charge in [0.05, 0.1) is 25.9 Å². The number of hydrogen-bond donors (Lipinski definition) is 2. The normalized spacial score (nSPS) is 19.6. The quantitative estimate of drug-likeness (QED) is 0.463. The molecule has 0 aromatic heterocycles. The summed E-state index contributed by atoms with van der Waals surface area (Å²) in [4.78, 5) is 27.6. The first-order chi connectivity index (χ1) is 17.0. The van der Waals surface area contributed by atoms with E-state index in [1.54, 1.807) is 6.07 Å². The second-order valence-electron chi connectivity index (χ2n) is 8.64. The number of carbonyl (C=O) groups excluding carboxylic acids is 2. The van der Waals surface area contributed by atoms with Gasteiger partial charge in [-0.3, -0.25) is 9.69 Å². The van der Waals surface area contributed by atoms with E-state index in [0.29, 0.717) is 23.5 Å². The van der Waals surface area contributed by atoms with Crippen LogP contribution in [0.3, 0.4) is 0 Å².